The molecule has 98 valence electrons. The number of halogens is 1. The third kappa shape index (κ3) is 4.10. The first-order valence-electron chi connectivity index (χ1n) is 5.95. The number of ether oxygens (including phenoxy) is 1. The van der Waals surface area contributed by atoms with Crippen LogP contribution in [0.3, 0.4) is 0 Å². The van der Waals surface area contributed by atoms with Crippen molar-refractivity contribution in [2.45, 2.75) is 6.54 Å². The standard InChI is InChI=1S/C15H15BrN2O/c1-2-7-19-15-6-4-3-5-12(15)9-18-14-8-13(16)10-17-11-14/h2-6,8,10-11,18H,1,7,9H2. The Morgan fingerprint density at radius 3 is 2.95 bits per heavy atom. The van der Waals surface area contributed by atoms with Crippen molar-refractivity contribution in [2.75, 3.05) is 11.9 Å². The number of hydrogen-bond donors (Lipinski definition) is 1. The van der Waals surface area contributed by atoms with Crippen LogP contribution in [-0.4, -0.2) is 11.6 Å². The quantitative estimate of drug-likeness (QED) is 0.817. The molecule has 0 unspecified atom stereocenters. The number of anilines is 1. The monoisotopic (exact) mass is 318 g/mol. The van der Waals surface area contributed by atoms with E-state index in [1.165, 1.54) is 0 Å². The lowest BCUT2D eigenvalue weighted by molar-refractivity contribution is 0.359. The second-order valence-electron chi connectivity index (χ2n) is 3.95. The molecule has 0 saturated heterocycles. The van der Waals surface area contributed by atoms with E-state index < -0.39 is 0 Å². The van der Waals surface area contributed by atoms with Gasteiger partial charge < -0.3 is 10.1 Å². The van der Waals surface area contributed by atoms with Gasteiger partial charge in [-0.1, -0.05) is 30.9 Å². The van der Waals surface area contributed by atoms with Crippen molar-refractivity contribution in [1.82, 2.24) is 4.98 Å². The van der Waals surface area contributed by atoms with Crippen LogP contribution in [0, 0.1) is 0 Å². The fourth-order valence-electron chi connectivity index (χ4n) is 1.65. The van der Waals surface area contributed by atoms with Gasteiger partial charge in [-0.15, -0.1) is 0 Å². The van der Waals surface area contributed by atoms with Gasteiger partial charge in [-0.2, -0.15) is 0 Å². The molecule has 2 rings (SSSR count). The summed E-state index contributed by atoms with van der Waals surface area (Å²) >= 11 is 3.40. The van der Waals surface area contributed by atoms with Gasteiger partial charge >= 0.3 is 0 Å². The molecule has 1 N–H and O–H groups in total. The summed E-state index contributed by atoms with van der Waals surface area (Å²) in [7, 11) is 0. The lowest BCUT2D eigenvalue weighted by Gasteiger charge is -2.11. The van der Waals surface area contributed by atoms with Crippen molar-refractivity contribution < 1.29 is 4.74 Å². The number of rotatable bonds is 6. The second kappa shape index (κ2) is 6.95. The van der Waals surface area contributed by atoms with Gasteiger partial charge in [-0.3, -0.25) is 4.98 Å². The highest BCUT2D eigenvalue weighted by Crippen LogP contribution is 2.20. The molecule has 0 atom stereocenters. The Kier molecular flexibility index (Phi) is 4.98. The summed E-state index contributed by atoms with van der Waals surface area (Å²) in [5.41, 5.74) is 2.07. The summed E-state index contributed by atoms with van der Waals surface area (Å²) in [6, 6.07) is 9.94. The van der Waals surface area contributed by atoms with Crippen molar-refractivity contribution in [2.24, 2.45) is 0 Å². The van der Waals surface area contributed by atoms with Crippen LogP contribution in [-0.2, 0) is 6.54 Å². The van der Waals surface area contributed by atoms with E-state index in [1.54, 1.807) is 18.5 Å². The van der Waals surface area contributed by atoms with Crippen molar-refractivity contribution >= 4 is 21.6 Å². The van der Waals surface area contributed by atoms with E-state index in [-0.39, 0.29) is 0 Å². The Bertz CT molecular complexity index is 557. The molecule has 4 heteroatoms. The lowest BCUT2D eigenvalue weighted by Crippen LogP contribution is -2.03. The van der Waals surface area contributed by atoms with Gasteiger partial charge in [0.2, 0.25) is 0 Å². The van der Waals surface area contributed by atoms with E-state index in [9.17, 15) is 0 Å². The summed E-state index contributed by atoms with van der Waals surface area (Å²) in [4.78, 5) is 4.11. The topological polar surface area (TPSA) is 34.1 Å². The molecule has 0 saturated carbocycles. The highest BCUT2D eigenvalue weighted by Gasteiger charge is 2.02. The largest absolute Gasteiger partial charge is 0.489 e. The number of nitrogens with zero attached hydrogens (tertiary/aromatic N) is 1. The molecular weight excluding hydrogens is 304 g/mol. The summed E-state index contributed by atoms with van der Waals surface area (Å²) in [6.07, 6.45) is 5.28. The number of aromatic nitrogens is 1. The molecular formula is C15H15BrN2O. The summed E-state index contributed by atoms with van der Waals surface area (Å²) in [6.45, 7) is 4.85. The molecule has 1 aromatic carbocycles. The fraction of sp³-hybridized carbons (Fsp3) is 0.133. The van der Waals surface area contributed by atoms with Crippen molar-refractivity contribution in [1.29, 1.82) is 0 Å². The maximum Gasteiger partial charge on any atom is 0.124 e. The number of benzene rings is 1. The Morgan fingerprint density at radius 1 is 1.32 bits per heavy atom. The Morgan fingerprint density at radius 2 is 2.16 bits per heavy atom. The van der Waals surface area contributed by atoms with E-state index in [1.807, 2.05) is 30.3 Å². The van der Waals surface area contributed by atoms with Crippen LogP contribution in [0.4, 0.5) is 5.69 Å². The predicted octanol–water partition coefficient (Wildman–Crippen LogP) is 4.02. The second-order valence-corrected chi connectivity index (χ2v) is 4.87. The van der Waals surface area contributed by atoms with Crippen molar-refractivity contribution in [3.63, 3.8) is 0 Å². The molecule has 0 aliphatic rings. The summed E-state index contributed by atoms with van der Waals surface area (Å²) in [5, 5.41) is 3.32. The number of pyridine rings is 1. The minimum Gasteiger partial charge on any atom is -0.489 e. The highest BCUT2D eigenvalue weighted by molar-refractivity contribution is 9.10. The molecule has 0 amide bonds. The molecule has 0 bridgehead atoms. The first-order valence-corrected chi connectivity index (χ1v) is 6.75. The first kappa shape index (κ1) is 13.6. The van der Waals surface area contributed by atoms with Crippen LogP contribution in [0.1, 0.15) is 5.56 Å². The zero-order chi connectivity index (χ0) is 13.5. The molecule has 1 aromatic heterocycles. The van der Waals surface area contributed by atoms with Crippen LogP contribution in [0.5, 0.6) is 5.75 Å². The maximum atomic E-state index is 5.62. The van der Waals surface area contributed by atoms with Crippen LogP contribution >= 0.6 is 15.9 Å². The van der Waals surface area contributed by atoms with Gasteiger partial charge in [0.1, 0.15) is 12.4 Å². The smallest absolute Gasteiger partial charge is 0.124 e. The van der Waals surface area contributed by atoms with E-state index >= 15 is 0 Å². The Labute approximate surface area is 121 Å². The predicted molar refractivity (Wildman–Crippen MR) is 81.4 cm³/mol. The first-order chi connectivity index (χ1) is 9.29. The molecule has 3 nitrogen and oxygen atoms in total. The molecule has 1 heterocycles. The van der Waals surface area contributed by atoms with Gasteiger partial charge in [0.05, 0.1) is 11.9 Å². The third-order valence-electron chi connectivity index (χ3n) is 2.52. The van der Waals surface area contributed by atoms with Crippen LogP contribution < -0.4 is 10.1 Å². The minimum absolute atomic E-state index is 0.509. The molecule has 2 aromatic rings. The average molecular weight is 319 g/mol. The van der Waals surface area contributed by atoms with Gasteiger partial charge in [0, 0.05) is 22.8 Å². The average Bonchev–Trinajstić information content (AvgIpc) is 2.44. The summed E-state index contributed by atoms with van der Waals surface area (Å²) in [5.74, 6) is 0.873. The molecule has 19 heavy (non-hydrogen) atoms. The van der Waals surface area contributed by atoms with Crippen molar-refractivity contribution in [3.05, 3.63) is 65.4 Å². The molecule has 0 spiro atoms. The minimum atomic E-state index is 0.509. The van der Waals surface area contributed by atoms with E-state index in [0.29, 0.717) is 13.2 Å². The van der Waals surface area contributed by atoms with Gasteiger partial charge in [0.15, 0.2) is 0 Å². The SMILES string of the molecule is C=CCOc1ccccc1CNc1cncc(Br)c1. The van der Waals surface area contributed by atoms with Crippen LogP contribution in [0.2, 0.25) is 0 Å². The summed E-state index contributed by atoms with van der Waals surface area (Å²) < 4.78 is 6.57. The van der Waals surface area contributed by atoms with Crippen molar-refractivity contribution in [3.8, 4) is 5.75 Å². The molecule has 0 aliphatic heterocycles. The Balaban J connectivity index is 2.04. The highest BCUT2D eigenvalue weighted by atomic mass is 79.9. The van der Waals surface area contributed by atoms with Gasteiger partial charge in [-0.05, 0) is 28.1 Å². The molecule has 0 aliphatic carbocycles. The number of hydrogen-bond acceptors (Lipinski definition) is 3. The zero-order valence-corrected chi connectivity index (χ0v) is 12.1. The third-order valence-corrected chi connectivity index (χ3v) is 2.95. The zero-order valence-electron chi connectivity index (χ0n) is 10.5. The fourth-order valence-corrected chi connectivity index (χ4v) is 2.01. The normalized spacial score (nSPS) is 9.95. The van der Waals surface area contributed by atoms with Gasteiger partial charge in [0.25, 0.3) is 0 Å². The number of nitrogens with one attached hydrogen (secondary N) is 1. The molecule has 0 radical (unpaired) electrons. The maximum absolute atomic E-state index is 5.62. The Hall–Kier alpha value is -1.81. The van der Waals surface area contributed by atoms with E-state index in [2.05, 4.69) is 32.8 Å². The van der Waals surface area contributed by atoms with Crippen LogP contribution in [0.25, 0.3) is 0 Å². The lowest BCUT2D eigenvalue weighted by atomic mass is 10.2. The van der Waals surface area contributed by atoms with Crippen LogP contribution in [0.15, 0.2) is 59.9 Å². The molecule has 0 fully saturated rings. The van der Waals surface area contributed by atoms with E-state index in [0.717, 1.165) is 21.5 Å². The van der Waals surface area contributed by atoms with Gasteiger partial charge in [-0.25, -0.2) is 0 Å². The number of para-hydroxylation sites is 1. The van der Waals surface area contributed by atoms with E-state index in [4.69, 9.17) is 4.74 Å².